The highest BCUT2D eigenvalue weighted by Crippen LogP contribution is 2.22. The summed E-state index contributed by atoms with van der Waals surface area (Å²) in [5.41, 5.74) is 2.51. The number of aryl methyl sites for hydroxylation is 1. The summed E-state index contributed by atoms with van der Waals surface area (Å²) in [6.45, 7) is 3.62. The van der Waals surface area contributed by atoms with Gasteiger partial charge in [-0.05, 0) is 30.5 Å². The van der Waals surface area contributed by atoms with Gasteiger partial charge in [0.25, 0.3) is 0 Å². The van der Waals surface area contributed by atoms with Gasteiger partial charge in [-0.3, -0.25) is 4.79 Å². The number of benzene rings is 1. The van der Waals surface area contributed by atoms with Gasteiger partial charge in [-0.15, -0.1) is 0 Å². The summed E-state index contributed by atoms with van der Waals surface area (Å²) in [5, 5.41) is 3.11. The topological polar surface area (TPSA) is 29.1 Å². The maximum Gasteiger partial charge on any atom is 0.154 e. The third-order valence-corrected chi connectivity index (χ3v) is 3.09. The van der Waals surface area contributed by atoms with Crippen LogP contribution in [-0.2, 0) is 11.2 Å². The van der Waals surface area contributed by atoms with E-state index in [1.165, 1.54) is 11.1 Å². The fourth-order valence-electron chi connectivity index (χ4n) is 2.08. The van der Waals surface area contributed by atoms with Crippen LogP contribution in [0.25, 0.3) is 0 Å². The maximum absolute atomic E-state index is 11.7. The number of piperidine rings is 1. The summed E-state index contributed by atoms with van der Waals surface area (Å²) in [4.78, 5) is 11.7. The number of Topliss-reactive ketones (excluding diaryl/α,β-unsaturated/α-hetero) is 1. The minimum atomic E-state index is 0.122. The molecule has 1 aromatic carbocycles. The Morgan fingerprint density at radius 1 is 1.33 bits per heavy atom. The van der Waals surface area contributed by atoms with Crippen LogP contribution in [0.4, 0.5) is 0 Å². The fraction of sp³-hybridized carbons (Fsp3) is 0.462. The van der Waals surface area contributed by atoms with E-state index in [1.54, 1.807) is 0 Å². The van der Waals surface area contributed by atoms with Crippen molar-refractivity contribution in [3.05, 3.63) is 35.4 Å². The molecule has 2 rings (SSSR count). The van der Waals surface area contributed by atoms with E-state index in [0.29, 0.717) is 12.3 Å². The smallest absolute Gasteiger partial charge is 0.154 e. The lowest BCUT2D eigenvalue weighted by molar-refractivity contribution is -0.120. The van der Waals surface area contributed by atoms with Crippen LogP contribution in [-0.4, -0.2) is 18.9 Å². The lowest BCUT2D eigenvalue weighted by atomic mass is 9.88. The Bertz CT molecular complexity index is 342. The molecule has 0 saturated carbocycles. The summed E-state index contributed by atoms with van der Waals surface area (Å²) < 4.78 is 0. The van der Waals surface area contributed by atoms with Gasteiger partial charge in [0.2, 0.25) is 0 Å². The van der Waals surface area contributed by atoms with E-state index >= 15 is 0 Å². The lowest BCUT2D eigenvalue weighted by Crippen LogP contribution is -2.35. The molecule has 15 heavy (non-hydrogen) atoms. The zero-order chi connectivity index (χ0) is 10.7. The molecule has 0 aliphatic carbocycles. The van der Waals surface area contributed by atoms with Crippen molar-refractivity contribution < 1.29 is 4.79 Å². The van der Waals surface area contributed by atoms with Crippen molar-refractivity contribution in [2.45, 2.75) is 25.7 Å². The number of nitrogens with one attached hydrogen (secondary N) is 1. The van der Waals surface area contributed by atoms with Crippen LogP contribution in [0.5, 0.6) is 0 Å². The van der Waals surface area contributed by atoms with Crippen molar-refractivity contribution in [3.63, 3.8) is 0 Å². The first-order chi connectivity index (χ1) is 7.31. The molecular formula is C13H17NO. The second-order valence-corrected chi connectivity index (χ2v) is 4.08. The molecule has 1 aliphatic rings. The molecule has 0 aromatic heterocycles. The average molecular weight is 203 g/mol. The predicted molar refractivity (Wildman–Crippen MR) is 61.1 cm³/mol. The molecule has 0 spiro atoms. The van der Waals surface area contributed by atoms with Crippen LogP contribution in [0.3, 0.4) is 0 Å². The highest BCUT2D eigenvalue weighted by molar-refractivity contribution is 5.88. The molecule has 2 heteroatoms. The third kappa shape index (κ3) is 2.26. The molecule has 1 unspecified atom stereocenters. The monoisotopic (exact) mass is 203 g/mol. The number of hydrogen-bond donors (Lipinski definition) is 1. The van der Waals surface area contributed by atoms with Gasteiger partial charge in [-0.2, -0.15) is 0 Å². The Labute approximate surface area is 90.7 Å². The first-order valence-corrected chi connectivity index (χ1v) is 5.63. The molecule has 1 fully saturated rings. The lowest BCUT2D eigenvalue weighted by Gasteiger charge is -2.21. The molecule has 1 aromatic rings. The van der Waals surface area contributed by atoms with Gasteiger partial charge >= 0.3 is 0 Å². The summed E-state index contributed by atoms with van der Waals surface area (Å²) in [6.07, 6.45) is 1.99. The second kappa shape index (κ2) is 4.58. The average Bonchev–Trinajstić information content (AvgIpc) is 2.30. The number of rotatable bonds is 2. The van der Waals surface area contributed by atoms with E-state index in [0.717, 1.165) is 19.4 Å². The summed E-state index contributed by atoms with van der Waals surface area (Å²) in [6, 6.07) is 8.47. The van der Waals surface area contributed by atoms with Gasteiger partial charge in [0.15, 0.2) is 5.78 Å². The molecular weight excluding hydrogens is 186 g/mol. The first kappa shape index (κ1) is 10.4. The van der Waals surface area contributed by atoms with Crippen molar-refractivity contribution in [1.82, 2.24) is 5.32 Å². The Morgan fingerprint density at radius 3 is 2.67 bits per heavy atom. The quantitative estimate of drug-likeness (QED) is 0.795. The largest absolute Gasteiger partial charge is 0.310 e. The van der Waals surface area contributed by atoms with Crippen LogP contribution in [0.1, 0.15) is 30.4 Å². The van der Waals surface area contributed by atoms with Gasteiger partial charge in [0.1, 0.15) is 0 Å². The van der Waals surface area contributed by atoms with Crippen molar-refractivity contribution >= 4 is 5.78 Å². The molecule has 0 bridgehead atoms. The van der Waals surface area contributed by atoms with Crippen LogP contribution in [0.2, 0.25) is 0 Å². The molecule has 1 N–H and O–H groups in total. The van der Waals surface area contributed by atoms with Crippen LogP contribution < -0.4 is 5.32 Å². The van der Waals surface area contributed by atoms with E-state index in [-0.39, 0.29) is 5.92 Å². The molecule has 1 atom stereocenters. The van der Waals surface area contributed by atoms with Crippen molar-refractivity contribution in [2.24, 2.45) is 0 Å². The third-order valence-electron chi connectivity index (χ3n) is 3.09. The highest BCUT2D eigenvalue weighted by atomic mass is 16.1. The molecule has 1 aliphatic heterocycles. The zero-order valence-corrected chi connectivity index (χ0v) is 9.12. The van der Waals surface area contributed by atoms with Gasteiger partial charge in [-0.1, -0.05) is 31.2 Å². The standard InChI is InChI=1S/C13H17NO/c1-2-10-3-5-11(6-4-10)12-7-8-14-9-13(12)15/h3-6,12,14H,2,7-9H2,1H3. The van der Waals surface area contributed by atoms with E-state index in [9.17, 15) is 4.79 Å². The van der Waals surface area contributed by atoms with E-state index in [4.69, 9.17) is 0 Å². The van der Waals surface area contributed by atoms with E-state index in [1.807, 2.05) is 0 Å². The predicted octanol–water partition coefficient (Wildman–Crippen LogP) is 1.89. The summed E-state index contributed by atoms with van der Waals surface area (Å²) in [5.74, 6) is 0.447. The normalized spacial score (nSPS) is 21.7. The number of hydrogen-bond acceptors (Lipinski definition) is 2. The van der Waals surface area contributed by atoms with Crippen molar-refractivity contribution in [3.8, 4) is 0 Å². The maximum atomic E-state index is 11.7. The highest BCUT2D eigenvalue weighted by Gasteiger charge is 2.23. The summed E-state index contributed by atoms with van der Waals surface area (Å²) in [7, 11) is 0. The first-order valence-electron chi connectivity index (χ1n) is 5.63. The van der Waals surface area contributed by atoms with Crippen LogP contribution >= 0.6 is 0 Å². The molecule has 0 radical (unpaired) electrons. The van der Waals surface area contributed by atoms with Gasteiger partial charge < -0.3 is 5.32 Å². The Balaban J connectivity index is 2.17. The van der Waals surface area contributed by atoms with Crippen molar-refractivity contribution in [2.75, 3.05) is 13.1 Å². The fourth-order valence-corrected chi connectivity index (χ4v) is 2.08. The van der Waals surface area contributed by atoms with Crippen LogP contribution in [0.15, 0.2) is 24.3 Å². The van der Waals surface area contributed by atoms with E-state index in [2.05, 4.69) is 36.5 Å². The minimum Gasteiger partial charge on any atom is -0.310 e. The molecule has 2 nitrogen and oxygen atoms in total. The SMILES string of the molecule is CCc1ccc(C2CCNCC2=O)cc1. The van der Waals surface area contributed by atoms with Gasteiger partial charge in [-0.25, -0.2) is 0 Å². The molecule has 1 heterocycles. The van der Waals surface area contributed by atoms with Crippen LogP contribution in [0, 0.1) is 0 Å². The van der Waals surface area contributed by atoms with Gasteiger partial charge in [0.05, 0.1) is 6.54 Å². The molecule has 80 valence electrons. The van der Waals surface area contributed by atoms with Crippen molar-refractivity contribution in [1.29, 1.82) is 0 Å². The number of ketones is 1. The second-order valence-electron chi connectivity index (χ2n) is 4.08. The van der Waals surface area contributed by atoms with E-state index < -0.39 is 0 Å². The Hall–Kier alpha value is -1.15. The number of carbonyl (C=O) groups excluding carboxylic acids is 1. The zero-order valence-electron chi connectivity index (χ0n) is 9.12. The molecule has 1 saturated heterocycles. The minimum absolute atomic E-state index is 0.122. The molecule has 0 amide bonds. The summed E-state index contributed by atoms with van der Waals surface area (Å²) >= 11 is 0. The Kier molecular flexibility index (Phi) is 3.17. The number of carbonyl (C=O) groups is 1. The van der Waals surface area contributed by atoms with Gasteiger partial charge in [0, 0.05) is 5.92 Å². The Morgan fingerprint density at radius 2 is 2.07 bits per heavy atom.